The third kappa shape index (κ3) is 2.83. The summed E-state index contributed by atoms with van der Waals surface area (Å²) in [6, 6.07) is 2.94. The van der Waals surface area contributed by atoms with Crippen LogP contribution in [0, 0.1) is 0 Å². The van der Waals surface area contributed by atoms with Crippen molar-refractivity contribution in [3.8, 4) is 0 Å². The molecule has 2 amide bonds. The van der Waals surface area contributed by atoms with Gasteiger partial charge < -0.3 is 11.5 Å². The maximum absolute atomic E-state index is 11.5. The quantitative estimate of drug-likeness (QED) is 0.684. The van der Waals surface area contributed by atoms with E-state index in [1.807, 2.05) is 0 Å². The fourth-order valence-corrected chi connectivity index (χ4v) is 2.90. The molecule has 0 aliphatic rings. The minimum Gasteiger partial charge on any atom is -0.399 e. The number of rotatable bonds is 2. The van der Waals surface area contributed by atoms with Crippen LogP contribution >= 0.6 is 15.9 Å². The predicted octanol–water partition coefficient (Wildman–Crippen LogP) is 0.388. The predicted molar refractivity (Wildman–Crippen MR) is 58.5 cm³/mol. The van der Waals surface area contributed by atoms with E-state index in [0.29, 0.717) is 5.69 Å². The van der Waals surface area contributed by atoms with Crippen LogP contribution in [-0.2, 0) is 10.0 Å². The lowest BCUT2D eigenvalue weighted by molar-refractivity contribution is 0.253. The van der Waals surface area contributed by atoms with Crippen molar-refractivity contribution in [1.29, 1.82) is 0 Å². The van der Waals surface area contributed by atoms with Crippen molar-refractivity contribution in [3.63, 3.8) is 0 Å². The number of hydrogen-bond acceptors (Lipinski definition) is 4. The fourth-order valence-electron chi connectivity index (χ4n) is 0.922. The third-order valence-electron chi connectivity index (χ3n) is 1.48. The van der Waals surface area contributed by atoms with Crippen molar-refractivity contribution in [3.05, 3.63) is 22.7 Å². The fraction of sp³-hybridized carbons (Fsp3) is 0. The van der Waals surface area contributed by atoms with Gasteiger partial charge in [0.2, 0.25) is 0 Å². The zero-order valence-corrected chi connectivity index (χ0v) is 9.80. The summed E-state index contributed by atoms with van der Waals surface area (Å²) in [5, 5.41) is 0. The Morgan fingerprint density at radius 1 is 1.40 bits per heavy atom. The molecule has 6 nitrogen and oxygen atoms in total. The molecule has 0 aromatic heterocycles. The van der Waals surface area contributed by atoms with Crippen LogP contribution in [0.15, 0.2) is 27.6 Å². The second-order valence-corrected chi connectivity index (χ2v) is 5.16. The Balaban J connectivity index is 3.22. The van der Waals surface area contributed by atoms with Crippen LogP contribution in [0.2, 0.25) is 0 Å². The number of nitrogens with two attached hydrogens (primary N) is 2. The van der Waals surface area contributed by atoms with E-state index in [0.717, 1.165) is 0 Å². The van der Waals surface area contributed by atoms with Gasteiger partial charge in [0.15, 0.2) is 0 Å². The monoisotopic (exact) mass is 293 g/mol. The van der Waals surface area contributed by atoms with Gasteiger partial charge in [-0.25, -0.2) is 17.9 Å². The zero-order valence-electron chi connectivity index (χ0n) is 7.40. The Morgan fingerprint density at radius 2 is 2.00 bits per heavy atom. The molecule has 0 aliphatic heterocycles. The van der Waals surface area contributed by atoms with E-state index in [1.165, 1.54) is 18.2 Å². The van der Waals surface area contributed by atoms with Crippen molar-refractivity contribution in [1.82, 2.24) is 4.72 Å². The van der Waals surface area contributed by atoms with Gasteiger partial charge in [-0.1, -0.05) is 0 Å². The Kier molecular flexibility index (Phi) is 3.20. The third-order valence-corrected chi connectivity index (χ3v) is 3.80. The summed E-state index contributed by atoms with van der Waals surface area (Å²) in [4.78, 5) is 10.4. The highest BCUT2D eigenvalue weighted by Crippen LogP contribution is 2.23. The first-order valence-corrected chi connectivity index (χ1v) is 5.98. The summed E-state index contributed by atoms with van der Waals surface area (Å²) in [7, 11) is -3.93. The number of hydrogen-bond donors (Lipinski definition) is 3. The van der Waals surface area contributed by atoms with E-state index in [9.17, 15) is 13.2 Å². The molecule has 0 unspecified atom stereocenters. The van der Waals surface area contributed by atoms with Crippen LogP contribution in [0.5, 0.6) is 0 Å². The van der Waals surface area contributed by atoms with Crippen LogP contribution in [0.1, 0.15) is 0 Å². The Bertz CT molecular complexity index is 500. The number of carbonyl (C=O) groups excluding carboxylic acids is 1. The molecule has 1 aromatic rings. The molecule has 82 valence electrons. The number of nitrogens with one attached hydrogen (secondary N) is 1. The van der Waals surface area contributed by atoms with Crippen molar-refractivity contribution >= 4 is 37.7 Å². The maximum atomic E-state index is 11.5. The summed E-state index contributed by atoms with van der Waals surface area (Å²) >= 11 is 3.02. The first-order chi connectivity index (χ1) is 6.83. The average molecular weight is 294 g/mol. The standard InChI is InChI=1S/C7H8BrN3O3S/c8-5-3-4(9)1-2-6(5)15(13,14)11-7(10)12/h1-3H,9H2,(H3,10,11,12). The van der Waals surface area contributed by atoms with Gasteiger partial charge >= 0.3 is 6.03 Å². The first kappa shape index (κ1) is 11.8. The van der Waals surface area contributed by atoms with E-state index >= 15 is 0 Å². The maximum Gasteiger partial charge on any atom is 0.326 e. The van der Waals surface area contributed by atoms with Crippen molar-refractivity contribution in [2.45, 2.75) is 4.90 Å². The number of amides is 2. The molecule has 1 aromatic carbocycles. The van der Waals surface area contributed by atoms with E-state index < -0.39 is 16.1 Å². The van der Waals surface area contributed by atoms with Crippen molar-refractivity contribution in [2.24, 2.45) is 5.73 Å². The smallest absolute Gasteiger partial charge is 0.326 e. The SMILES string of the molecule is NC(=O)NS(=O)(=O)c1ccc(N)cc1Br. The molecular weight excluding hydrogens is 286 g/mol. The molecule has 0 spiro atoms. The Hall–Kier alpha value is -1.28. The topological polar surface area (TPSA) is 115 Å². The van der Waals surface area contributed by atoms with E-state index in [4.69, 9.17) is 11.5 Å². The number of sulfonamides is 1. The minimum atomic E-state index is -3.93. The number of urea groups is 1. The normalized spacial score (nSPS) is 11.0. The van der Waals surface area contributed by atoms with Crippen LogP contribution in [0.4, 0.5) is 10.5 Å². The molecule has 0 fully saturated rings. The van der Waals surface area contributed by atoms with Gasteiger partial charge in [-0.3, -0.25) is 0 Å². The second kappa shape index (κ2) is 4.07. The number of benzene rings is 1. The molecule has 5 N–H and O–H groups in total. The molecular formula is C7H8BrN3O3S. The highest BCUT2D eigenvalue weighted by atomic mass is 79.9. The van der Waals surface area contributed by atoms with Gasteiger partial charge in [-0.05, 0) is 34.1 Å². The summed E-state index contributed by atoms with van der Waals surface area (Å²) < 4.78 is 24.9. The first-order valence-electron chi connectivity index (χ1n) is 3.70. The number of nitrogen functional groups attached to an aromatic ring is 1. The van der Waals surface area contributed by atoms with Gasteiger partial charge in [-0.15, -0.1) is 0 Å². The van der Waals surface area contributed by atoms with Gasteiger partial charge in [0, 0.05) is 10.2 Å². The molecule has 8 heteroatoms. The van der Waals surface area contributed by atoms with E-state index in [-0.39, 0.29) is 9.37 Å². The Labute approximate surface area is 94.8 Å². The number of carbonyl (C=O) groups is 1. The minimum absolute atomic E-state index is 0.101. The van der Waals surface area contributed by atoms with Crippen LogP contribution in [-0.4, -0.2) is 14.4 Å². The number of halogens is 1. The molecule has 0 atom stereocenters. The van der Waals surface area contributed by atoms with Gasteiger partial charge in [0.1, 0.15) is 4.90 Å². The summed E-state index contributed by atoms with van der Waals surface area (Å²) in [5.74, 6) is 0. The highest BCUT2D eigenvalue weighted by Gasteiger charge is 2.18. The molecule has 15 heavy (non-hydrogen) atoms. The van der Waals surface area contributed by atoms with Crippen molar-refractivity contribution < 1.29 is 13.2 Å². The summed E-state index contributed by atoms with van der Waals surface area (Å²) in [5.41, 5.74) is 10.6. The van der Waals surface area contributed by atoms with Crippen molar-refractivity contribution in [2.75, 3.05) is 5.73 Å². The lowest BCUT2D eigenvalue weighted by Crippen LogP contribution is -2.35. The zero-order chi connectivity index (χ0) is 11.6. The number of anilines is 1. The van der Waals surface area contributed by atoms with Gasteiger partial charge in [0.25, 0.3) is 10.0 Å². The van der Waals surface area contributed by atoms with Crippen LogP contribution < -0.4 is 16.2 Å². The lowest BCUT2D eigenvalue weighted by atomic mass is 10.3. The number of primary amides is 1. The van der Waals surface area contributed by atoms with E-state index in [2.05, 4.69) is 15.9 Å². The molecule has 0 bridgehead atoms. The molecule has 0 aliphatic carbocycles. The van der Waals surface area contributed by atoms with Crippen LogP contribution in [0.3, 0.4) is 0 Å². The molecule has 0 saturated carbocycles. The largest absolute Gasteiger partial charge is 0.399 e. The van der Waals surface area contributed by atoms with Gasteiger partial charge in [-0.2, -0.15) is 0 Å². The lowest BCUT2D eigenvalue weighted by Gasteiger charge is -2.06. The molecule has 0 heterocycles. The average Bonchev–Trinajstić information content (AvgIpc) is 1.99. The Morgan fingerprint density at radius 3 is 2.47 bits per heavy atom. The molecule has 1 rings (SSSR count). The molecule has 0 saturated heterocycles. The summed E-state index contributed by atoms with van der Waals surface area (Å²) in [6.45, 7) is 0. The van der Waals surface area contributed by atoms with Crippen LogP contribution in [0.25, 0.3) is 0 Å². The highest BCUT2D eigenvalue weighted by molar-refractivity contribution is 9.10. The van der Waals surface area contributed by atoms with Gasteiger partial charge in [0.05, 0.1) is 0 Å². The molecule has 0 radical (unpaired) electrons. The second-order valence-electron chi connectivity index (χ2n) is 2.66. The summed E-state index contributed by atoms with van der Waals surface area (Å²) in [6.07, 6.45) is 0. The van der Waals surface area contributed by atoms with E-state index in [1.54, 1.807) is 4.72 Å².